The summed E-state index contributed by atoms with van der Waals surface area (Å²) >= 11 is 8.55. The average molecular weight is 591 g/mol. The van der Waals surface area contributed by atoms with Gasteiger partial charge in [-0.2, -0.15) is 34.9 Å². The zero-order valence-corrected chi connectivity index (χ0v) is 23.7. The van der Waals surface area contributed by atoms with Gasteiger partial charge in [-0.1, -0.05) is 13.8 Å². The Morgan fingerprint density at radius 2 is 1.08 bits per heavy atom. The van der Waals surface area contributed by atoms with Crippen LogP contribution in [0, 0.1) is 0 Å². The maximum absolute atomic E-state index is 4.63. The van der Waals surface area contributed by atoms with Crippen molar-refractivity contribution in [1.82, 2.24) is 17.5 Å². The zero-order chi connectivity index (χ0) is 24.5. The molecule has 14 heteroatoms. The van der Waals surface area contributed by atoms with Crippen LogP contribution in [0.3, 0.4) is 0 Å². The van der Waals surface area contributed by atoms with Crippen LogP contribution >= 0.6 is 46.1 Å². The molecule has 0 saturated carbocycles. The van der Waals surface area contributed by atoms with Crippen LogP contribution in [0.2, 0.25) is 0 Å². The highest BCUT2D eigenvalue weighted by Gasteiger charge is 2.40. The normalized spacial score (nSPS) is 15.7. The van der Waals surface area contributed by atoms with Gasteiger partial charge < -0.3 is 0 Å². The largest absolute Gasteiger partial charge is 0.173 e. The van der Waals surface area contributed by atoms with E-state index in [-0.39, 0.29) is 5.41 Å². The molecule has 6 aromatic rings. The molecule has 4 aromatic heterocycles. The van der Waals surface area contributed by atoms with Crippen LogP contribution in [0.15, 0.2) is 41.7 Å². The van der Waals surface area contributed by atoms with Gasteiger partial charge in [-0.15, -0.1) is 22.7 Å². The summed E-state index contributed by atoms with van der Waals surface area (Å²) in [4.78, 5) is 4.93. The average Bonchev–Trinajstić information content (AvgIpc) is 3.72. The quantitative estimate of drug-likeness (QED) is 0.201. The maximum atomic E-state index is 4.63. The fraction of sp³-hybridized carbons (Fsp3) is 0.130. The molecule has 0 amide bonds. The van der Waals surface area contributed by atoms with Crippen LogP contribution < -0.4 is 0 Å². The van der Waals surface area contributed by atoms with E-state index in [9.17, 15) is 0 Å². The number of hydrogen-bond acceptors (Lipinski definition) is 12. The molecular weight excluding hydrogens is 581 g/mol. The van der Waals surface area contributed by atoms with Gasteiger partial charge in [0.25, 0.3) is 0 Å². The minimum atomic E-state index is -0.143. The Hall–Kier alpha value is -2.88. The van der Waals surface area contributed by atoms with Gasteiger partial charge in [0.1, 0.15) is 44.8 Å². The molecule has 37 heavy (non-hydrogen) atoms. The van der Waals surface area contributed by atoms with Crippen molar-refractivity contribution in [2.45, 2.75) is 19.3 Å². The van der Waals surface area contributed by atoms with Crippen LogP contribution in [-0.2, 0) is 28.1 Å². The first-order valence-corrected chi connectivity index (χ1v) is 15.7. The molecule has 0 unspecified atom stereocenters. The van der Waals surface area contributed by atoms with E-state index in [4.69, 9.17) is 0 Å². The van der Waals surface area contributed by atoms with Crippen LogP contribution in [-0.4, -0.2) is 17.5 Å². The lowest BCUT2D eigenvalue weighted by atomic mass is 9.83. The molecule has 0 radical (unpaired) electrons. The fourth-order valence-corrected chi connectivity index (χ4v) is 10.3. The first kappa shape index (κ1) is 21.1. The molecule has 9 rings (SSSR count). The number of thiophene rings is 2. The standard InChI is InChI=1S/C23H10N8S6/c1-23(2)7-3-13(15-17-9(24-34-28-17)5-10-18(15)29-35-25-10)32-21(7)22-8(23)4-14(33-22)16-19-11(26-36-30-19)6-12-20(16)31-37-27-12/h3-6H,1-2H3. The molecule has 2 aliphatic heterocycles. The Labute approximate surface area is 232 Å². The van der Waals surface area contributed by atoms with Crippen molar-refractivity contribution >= 4 is 114 Å². The summed E-state index contributed by atoms with van der Waals surface area (Å²) in [6.07, 6.45) is 0. The first-order chi connectivity index (χ1) is 18.1. The summed E-state index contributed by atoms with van der Waals surface area (Å²) in [5.74, 6) is 0. The zero-order valence-electron chi connectivity index (χ0n) is 18.8. The SMILES string of the molecule is CC1(C)c2cc(-c3c4c(cc5nsnc35)N=S=N4)sc2-c2sc(-c3c4c(cc5nsnc35)N=S=N4)cc21. The number of hydrogen-bond donors (Lipinski definition) is 0. The number of aromatic nitrogens is 4. The van der Waals surface area contributed by atoms with Crippen LogP contribution in [0.5, 0.6) is 0 Å². The van der Waals surface area contributed by atoms with Crippen molar-refractivity contribution < 1.29 is 0 Å². The summed E-state index contributed by atoms with van der Waals surface area (Å²) in [5, 5.41) is 0. The van der Waals surface area contributed by atoms with Crippen molar-refractivity contribution in [1.29, 1.82) is 0 Å². The van der Waals surface area contributed by atoms with Crippen molar-refractivity contribution in [2.75, 3.05) is 0 Å². The molecule has 0 spiro atoms. The second-order valence-electron chi connectivity index (χ2n) is 9.36. The molecule has 178 valence electrons. The van der Waals surface area contributed by atoms with Crippen LogP contribution in [0.4, 0.5) is 22.7 Å². The molecule has 0 N–H and O–H groups in total. The molecule has 0 fully saturated rings. The van der Waals surface area contributed by atoms with Crippen molar-refractivity contribution in [3.63, 3.8) is 0 Å². The van der Waals surface area contributed by atoms with Crippen LogP contribution in [0.1, 0.15) is 25.0 Å². The second kappa shape index (κ2) is 7.15. The second-order valence-corrected chi connectivity index (χ2v) is 13.6. The van der Waals surface area contributed by atoms with E-state index in [0.29, 0.717) is 0 Å². The van der Waals surface area contributed by atoms with Gasteiger partial charge in [0.05, 0.1) is 46.2 Å². The maximum Gasteiger partial charge on any atom is 0.115 e. The summed E-state index contributed by atoms with van der Waals surface area (Å²) in [7, 11) is 0. The van der Waals surface area contributed by atoms with E-state index in [0.717, 1.165) is 65.7 Å². The Bertz CT molecular complexity index is 2010. The van der Waals surface area contributed by atoms with Gasteiger partial charge in [-0.25, -0.2) is 0 Å². The summed E-state index contributed by atoms with van der Waals surface area (Å²) in [6, 6.07) is 8.62. The lowest BCUT2D eigenvalue weighted by Crippen LogP contribution is -2.13. The van der Waals surface area contributed by atoms with Crippen molar-refractivity contribution in [3.8, 4) is 30.6 Å². The van der Waals surface area contributed by atoms with Gasteiger partial charge in [-0.05, 0) is 35.4 Å². The monoisotopic (exact) mass is 590 g/mol. The number of nitrogens with zero attached hydrogens (tertiary/aromatic N) is 8. The number of benzene rings is 2. The van der Waals surface area contributed by atoms with Crippen molar-refractivity contribution in [2.24, 2.45) is 17.5 Å². The number of fused-ring (bicyclic) bond motifs is 7. The van der Waals surface area contributed by atoms with Crippen molar-refractivity contribution in [3.05, 3.63) is 35.4 Å². The fourth-order valence-electron chi connectivity index (χ4n) is 5.24. The Balaban J connectivity index is 1.27. The predicted octanol–water partition coefficient (Wildman–Crippen LogP) is 8.91. The first-order valence-electron chi connectivity index (χ1n) is 11.1. The molecule has 6 heterocycles. The molecule has 0 atom stereocenters. The Morgan fingerprint density at radius 1 is 0.595 bits per heavy atom. The lowest BCUT2D eigenvalue weighted by Gasteiger charge is -2.19. The number of rotatable bonds is 2. The molecular formula is C23H10N8S6. The Kier molecular flexibility index (Phi) is 4.08. The highest BCUT2D eigenvalue weighted by atomic mass is 32.1. The van der Waals surface area contributed by atoms with Crippen LogP contribution in [0.25, 0.3) is 52.7 Å². The summed E-state index contributed by atoms with van der Waals surface area (Å²) in [6.45, 7) is 4.61. The van der Waals surface area contributed by atoms with Gasteiger partial charge in [-0.3, -0.25) is 0 Å². The molecule has 8 nitrogen and oxygen atoms in total. The molecule has 0 saturated heterocycles. The minimum absolute atomic E-state index is 0.143. The summed E-state index contributed by atoms with van der Waals surface area (Å²) < 4.78 is 36.5. The van der Waals surface area contributed by atoms with E-state index < -0.39 is 0 Å². The van der Waals surface area contributed by atoms with E-state index in [1.165, 1.54) is 67.0 Å². The predicted molar refractivity (Wildman–Crippen MR) is 156 cm³/mol. The third-order valence-electron chi connectivity index (χ3n) is 7.06. The molecule has 2 aromatic carbocycles. The summed E-state index contributed by atoms with van der Waals surface area (Å²) in [5.41, 5.74) is 11.7. The lowest BCUT2D eigenvalue weighted by molar-refractivity contribution is 0.663. The van der Waals surface area contributed by atoms with Gasteiger partial charge in [0.2, 0.25) is 0 Å². The smallest absolute Gasteiger partial charge is 0.115 e. The topological polar surface area (TPSA) is 101 Å². The van der Waals surface area contributed by atoms with Gasteiger partial charge in [0.15, 0.2) is 0 Å². The minimum Gasteiger partial charge on any atom is -0.173 e. The third-order valence-corrected chi connectivity index (χ3v) is 11.7. The Morgan fingerprint density at radius 3 is 1.57 bits per heavy atom. The van der Waals surface area contributed by atoms with E-state index in [1.807, 2.05) is 34.8 Å². The molecule has 0 bridgehead atoms. The van der Waals surface area contributed by atoms with E-state index in [1.54, 1.807) is 0 Å². The third kappa shape index (κ3) is 2.69. The highest BCUT2D eigenvalue weighted by molar-refractivity contribution is 7.58. The van der Waals surface area contributed by atoms with Gasteiger partial charge >= 0.3 is 0 Å². The van der Waals surface area contributed by atoms with E-state index in [2.05, 4.69) is 60.9 Å². The van der Waals surface area contributed by atoms with E-state index >= 15 is 0 Å². The highest BCUT2D eigenvalue weighted by Crippen LogP contribution is 2.60. The molecule has 3 aliphatic rings. The van der Waals surface area contributed by atoms with Gasteiger partial charge in [0, 0.05) is 36.1 Å². The molecule has 1 aliphatic carbocycles.